The summed E-state index contributed by atoms with van der Waals surface area (Å²) in [6, 6.07) is 7.00. The second kappa shape index (κ2) is 6.91. The van der Waals surface area contributed by atoms with E-state index in [0.29, 0.717) is 17.2 Å². The quantitative estimate of drug-likeness (QED) is 0.848. The normalized spacial score (nSPS) is 11.4. The number of amides is 1. The maximum absolute atomic E-state index is 12.1. The predicted octanol–water partition coefficient (Wildman–Crippen LogP) is 0.955. The molecule has 23 heavy (non-hydrogen) atoms. The van der Waals surface area contributed by atoms with E-state index in [1.807, 2.05) is 6.07 Å². The second-order valence-corrected chi connectivity index (χ2v) is 7.65. The third-order valence-electron chi connectivity index (χ3n) is 3.39. The number of nitrogens with zero attached hydrogens (tertiary/aromatic N) is 3. The molecule has 0 spiro atoms. The summed E-state index contributed by atoms with van der Waals surface area (Å²) in [5.74, 6) is 1.03. The summed E-state index contributed by atoms with van der Waals surface area (Å²) in [6.45, 7) is 3.49. The number of carbonyl (C=O) groups is 1. The van der Waals surface area contributed by atoms with Crippen LogP contribution in [0, 0.1) is 6.92 Å². The highest BCUT2D eigenvalue weighted by Gasteiger charge is 2.12. The molecule has 0 saturated carbocycles. The molecule has 0 fully saturated rings. The molecule has 0 aliphatic heterocycles. The lowest BCUT2D eigenvalue weighted by Crippen LogP contribution is -2.29. The smallest absolute Gasteiger partial charge is 0.251 e. The van der Waals surface area contributed by atoms with Crippen molar-refractivity contribution >= 4 is 15.7 Å². The van der Waals surface area contributed by atoms with Crippen molar-refractivity contribution in [3.8, 4) is 11.4 Å². The van der Waals surface area contributed by atoms with Crippen LogP contribution in [0.2, 0.25) is 0 Å². The molecule has 1 aromatic carbocycles. The van der Waals surface area contributed by atoms with Gasteiger partial charge in [0.05, 0.1) is 5.75 Å². The average molecular weight is 336 g/mol. The molecule has 0 aliphatic carbocycles. The van der Waals surface area contributed by atoms with E-state index in [-0.39, 0.29) is 24.0 Å². The highest BCUT2D eigenvalue weighted by Crippen LogP contribution is 2.18. The minimum atomic E-state index is -3.09. The number of hydrogen-bond acceptors (Lipinski definition) is 5. The molecule has 124 valence electrons. The van der Waals surface area contributed by atoms with E-state index >= 15 is 0 Å². The van der Waals surface area contributed by atoms with E-state index < -0.39 is 9.84 Å². The van der Waals surface area contributed by atoms with Crippen molar-refractivity contribution in [3.05, 3.63) is 35.7 Å². The molecular weight excluding hydrogens is 316 g/mol. The van der Waals surface area contributed by atoms with Crippen LogP contribution in [-0.4, -0.2) is 47.1 Å². The Morgan fingerprint density at radius 3 is 2.70 bits per heavy atom. The van der Waals surface area contributed by atoms with Gasteiger partial charge in [-0.2, -0.15) is 5.10 Å². The fourth-order valence-electron chi connectivity index (χ4n) is 2.13. The molecule has 0 saturated heterocycles. The molecule has 1 N–H and O–H groups in total. The Kier molecular flexibility index (Phi) is 5.15. The Morgan fingerprint density at radius 1 is 1.35 bits per heavy atom. The van der Waals surface area contributed by atoms with Crippen LogP contribution in [0.3, 0.4) is 0 Å². The van der Waals surface area contributed by atoms with Gasteiger partial charge in [0.1, 0.15) is 5.82 Å². The van der Waals surface area contributed by atoms with Crippen molar-refractivity contribution < 1.29 is 13.2 Å². The zero-order valence-electron chi connectivity index (χ0n) is 13.4. The molecule has 0 radical (unpaired) electrons. The number of hydrogen-bond donors (Lipinski definition) is 1. The standard InChI is InChI=1S/C15H20N4O3S/c1-4-23(21,22)9-8-16-15(20)13-7-5-6-12(10-13)14-17-11(2)18-19(14)3/h5-7,10H,4,8-9H2,1-3H3,(H,16,20). The number of rotatable bonds is 6. The summed E-state index contributed by atoms with van der Waals surface area (Å²) in [6.07, 6.45) is 0. The summed E-state index contributed by atoms with van der Waals surface area (Å²) < 4.78 is 24.5. The van der Waals surface area contributed by atoms with Gasteiger partial charge in [-0.1, -0.05) is 19.1 Å². The SMILES string of the molecule is CCS(=O)(=O)CCNC(=O)c1cccc(-c2nc(C)nn2C)c1. The Balaban J connectivity index is 2.10. The maximum atomic E-state index is 12.1. The first-order chi connectivity index (χ1) is 10.8. The predicted molar refractivity (Wildman–Crippen MR) is 87.8 cm³/mol. The lowest BCUT2D eigenvalue weighted by molar-refractivity contribution is 0.0956. The Hall–Kier alpha value is -2.22. The number of nitrogens with one attached hydrogen (secondary N) is 1. The van der Waals surface area contributed by atoms with Gasteiger partial charge < -0.3 is 5.32 Å². The number of sulfone groups is 1. The summed E-state index contributed by atoms with van der Waals surface area (Å²) >= 11 is 0. The van der Waals surface area contributed by atoms with Crippen molar-refractivity contribution in [2.24, 2.45) is 7.05 Å². The van der Waals surface area contributed by atoms with Gasteiger partial charge in [-0.25, -0.2) is 18.1 Å². The first-order valence-electron chi connectivity index (χ1n) is 7.29. The highest BCUT2D eigenvalue weighted by molar-refractivity contribution is 7.91. The molecule has 1 amide bonds. The summed E-state index contributed by atoms with van der Waals surface area (Å²) in [4.78, 5) is 16.5. The molecule has 8 heteroatoms. The van der Waals surface area contributed by atoms with Crippen LogP contribution in [0.5, 0.6) is 0 Å². The van der Waals surface area contributed by atoms with E-state index in [1.54, 1.807) is 43.8 Å². The van der Waals surface area contributed by atoms with Crippen molar-refractivity contribution in [1.29, 1.82) is 0 Å². The molecule has 0 atom stereocenters. The average Bonchev–Trinajstić information content (AvgIpc) is 2.86. The van der Waals surface area contributed by atoms with Crippen LogP contribution >= 0.6 is 0 Å². The van der Waals surface area contributed by atoms with E-state index in [9.17, 15) is 13.2 Å². The van der Waals surface area contributed by atoms with Crippen molar-refractivity contribution in [3.63, 3.8) is 0 Å². The van der Waals surface area contributed by atoms with Gasteiger partial charge in [0.25, 0.3) is 5.91 Å². The largest absolute Gasteiger partial charge is 0.351 e. The van der Waals surface area contributed by atoms with Crippen LogP contribution in [0.4, 0.5) is 0 Å². The van der Waals surface area contributed by atoms with E-state index in [4.69, 9.17) is 0 Å². The van der Waals surface area contributed by atoms with Crippen LogP contribution in [0.25, 0.3) is 11.4 Å². The van der Waals surface area contributed by atoms with Gasteiger partial charge in [0.15, 0.2) is 15.7 Å². The topological polar surface area (TPSA) is 93.9 Å². The molecule has 1 heterocycles. The monoisotopic (exact) mass is 336 g/mol. The summed E-state index contributed by atoms with van der Waals surface area (Å²) in [5.41, 5.74) is 1.24. The Bertz CT molecular complexity index is 812. The third kappa shape index (κ3) is 4.38. The maximum Gasteiger partial charge on any atom is 0.251 e. The summed E-state index contributed by atoms with van der Waals surface area (Å²) in [7, 11) is -1.30. The number of aryl methyl sites for hydroxylation is 2. The van der Waals surface area contributed by atoms with Gasteiger partial charge >= 0.3 is 0 Å². The van der Waals surface area contributed by atoms with Crippen molar-refractivity contribution in [1.82, 2.24) is 20.1 Å². The number of benzene rings is 1. The van der Waals surface area contributed by atoms with Gasteiger partial charge in [0, 0.05) is 30.5 Å². The van der Waals surface area contributed by atoms with Crippen LogP contribution in [0.1, 0.15) is 23.1 Å². The van der Waals surface area contributed by atoms with Crippen LogP contribution in [-0.2, 0) is 16.9 Å². The molecule has 0 bridgehead atoms. The second-order valence-electron chi connectivity index (χ2n) is 5.18. The number of carbonyl (C=O) groups excluding carboxylic acids is 1. The molecule has 0 unspecified atom stereocenters. The molecule has 1 aromatic heterocycles. The van der Waals surface area contributed by atoms with Gasteiger partial charge in [-0.05, 0) is 19.1 Å². The van der Waals surface area contributed by atoms with E-state index in [2.05, 4.69) is 15.4 Å². The van der Waals surface area contributed by atoms with Gasteiger partial charge in [-0.15, -0.1) is 0 Å². The molecule has 7 nitrogen and oxygen atoms in total. The highest BCUT2D eigenvalue weighted by atomic mass is 32.2. The van der Waals surface area contributed by atoms with Crippen LogP contribution in [0.15, 0.2) is 24.3 Å². The van der Waals surface area contributed by atoms with Crippen molar-refractivity contribution in [2.45, 2.75) is 13.8 Å². The fourth-order valence-corrected chi connectivity index (χ4v) is 2.83. The molecule has 2 rings (SSSR count). The third-order valence-corrected chi connectivity index (χ3v) is 5.10. The van der Waals surface area contributed by atoms with E-state index in [0.717, 1.165) is 5.56 Å². The van der Waals surface area contributed by atoms with Gasteiger partial charge in [-0.3, -0.25) is 4.79 Å². The first-order valence-corrected chi connectivity index (χ1v) is 9.11. The zero-order chi connectivity index (χ0) is 17.0. The molecular formula is C15H20N4O3S. The minimum absolute atomic E-state index is 0.0581. The zero-order valence-corrected chi connectivity index (χ0v) is 14.2. The lowest BCUT2D eigenvalue weighted by Gasteiger charge is -2.07. The molecule has 0 aliphatic rings. The van der Waals surface area contributed by atoms with Gasteiger partial charge in [0.2, 0.25) is 0 Å². The minimum Gasteiger partial charge on any atom is -0.351 e. The first kappa shape index (κ1) is 17.1. The van der Waals surface area contributed by atoms with Crippen molar-refractivity contribution in [2.75, 3.05) is 18.1 Å². The lowest BCUT2D eigenvalue weighted by atomic mass is 10.1. The van der Waals surface area contributed by atoms with Crippen LogP contribution < -0.4 is 5.32 Å². The molecule has 2 aromatic rings. The number of aromatic nitrogens is 3. The Morgan fingerprint density at radius 2 is 2.09 bits per heavy atom. The van der Waals surface area contributed by atoms with E-state index in [1.165, 1.54) is 0 Å². The Labute approximate surface area is 135 Å². The fraction of sp³-hybridized carbons (Fsp3) is 0.400. The summed E-state index contributed by atoms with van der Waals surface area (Å²) in [5, 5.41) is 6.81.